The van der Waals surface area contributed by atoms with Gasteiger partial charge in [-0.2, -0.15) is 4.98 Å². The summed E-state index contributed by atoms with van der Waals surface area (Å²) in [5.74, 6) is -0.870. The Bertz CT molecular complexity index is 1400. The highest BCUT2D eigenvalue weighted by Crippen LogP contribution is 2.37. The van der Waals surface area contributed by atoms with Gasteiger partial charge in [-0.25, -0.2) is 13.3 Å². The van der Waals surface area contributed by atoms with Gasteiger partial charge in [-0.3, -0.25) is 0 Å². The number of nitrogens with zero attached hydrogens (tertiary/aromatic N) is 3. The minimum absolute atomic E-state index is 0.132. The molecule has 2 atom stereocenters. The normalized spacial score (nSPS) is 13.9. The summed E-state index contributed by atoms with van der Waals surface area (Å²) in [7, 11) is 0. The topological polar surface area (TPSA) is 85.7 Å². The number of nitrogen functional groups attached to an aromatic ring is 1. The Hall–Kier alpha value is -3.78. The number of aryl methyl sites for hydroxylation is 1. The number of fused-ring (bicyclic) bond motifs is 1. The molecule has 0 aliphatic carbocycles. The van der Waals surface area contributed by atoms with E-state index in [1.54, 1.807) is 41.9 Å². The highest BCUT2D eigenvalue weighted by atomic mass is 19.1. The Morgan fingerprint density at radius 2 is 1.89 bits per heavy atom. The molecule has 3 N–H and O–H groups in total. The molecule has 4 aromatic rings. The lowest BCUT2D eigenvalue weighted by atomic mass is 9.77. The van der Waals surface area contributed by atoms with E-state index >= 15 is 4.39 Å². The predicted octanol–water partition coefficient (Wildman–Crippen LogP) is 5.69. The molecule has 0 bridgehead atoms. The molecule has 0 amide bonds. The number of anilines is 1. The van der Waals surface area contributed by atoms with Gasteiger partial charge in [0, 0.05) is 12.1 Å². The van der Waals surface area contributed by atoms with Crippen molar-refractivity contribution in [3.05, 3.63) is 89.6 Å². The molecule has 188 valence electrons. The summed E-state index contributed by atoms with van der Waals surface area (Å²) in [4.78, 5) is 4.19. The van der Waals surface area contributed by atoms with Crippen LogP contribution < -0.4 is 10.5 Å². The number of ether oxygens (including phenoxy) is 1. The van der Waals surface area contributed by atoms with Gasteiger partial charge in [0.1, 0.15) is 5.82 Å². The Morgan fingerprint density at radius 3 is 2.56 bits per heavy atom. The van der Waals surface area contributed by atoms with Gasteiger partial charge in [0.05, 0.1) is 12.2 Å². The minimum atomic E-state index is -1.30. The van der Waals surface area contributed by atoms with Crippen LogP contribution in [0.25, 0.3) is 16.8 Å². The van der Waals surface area contributed by atoms with Crippen molar-refractivity contribution in [3.63, 3.8) is 0 Å². The lowest BCUT2D eigenvalue weighted by molar-refractivity contribution is 0.000973. The first kappa shape index (κ1) is 25.3. The molecule has 0 saturated carbocycles. The molecule has 0 aliphatic heterocycles. The molecule has 4 rings (SSSR count). The van der Waals surface area contributed by atoms with Gasteiger partial charge < -0.3 is 15.6 Å². The Morgan fingerprint density at radius 1 is 1.17 bits per heavy atom. The molecule has 2 heterocycles. The van der Waals surface area contributed by atoms with Crippen LogP contribution in [0.5, 0.6) is 5.75 Å². The largest absolute Gasteiger partial charge is 0.490 e. The highest BCUT2D eigenvalue weighted by Gasteiger charge is 2.34. The second kappa shape index (κ2) is 10.1. The smallest absolute Gasteiger partial charge is 0.240 e. The second-order valence-electron chi connectivity index (χ2n) is 9.18. The van der Waals surface area contributed by atoms with Crippen molar-refractivity contribution in [1.29, 1.82) is 0 Å². The first-order valence-electron chi connectivity index (χ1n) is 11.8. The van der Waals surface area contributed by atoms with Crippen molar-refractivity contribution in [1.82, 2.24) is 14.6 Å². The zero-order chi connectivity index (χ0) is 26.0. The van der Waals surface area contributed by atoms with E-state index in [9.17, 15) is 9.50 Å². The average molecular weight is 493 g/mol. The second-order valence-corrected chi connectivity index (χ2v) is 9.18. The van der Waals surface area contributed by atoms with Crippen molar-refractivity contribution in [3.8, 4) is 16.9 Å². The van der Waals surface area contributed by atoms with Crippen molar-refractivity contribution in [2.45, 2.75) is 39.2 Å². The van der Waals surface area contributed by atoms with E-state index in [0.717, 1.165) is 16.7 Å². The molecule has 0 aliphatic rings. The van der Waals surface area contributed by atoms with Crippen LogP contribution in [-0.4, -0.2) is 26.3 Å². The van der Waals surface area contributed by atoms with Crippen molar-refractivity contribution < 1.29 is 18.6 Å². The number of halogens is 2. The van der Waals surface area contributed by atoms with E-state index in [4.69, 9.17) is 10.5 Å². The zero-order valence-electron chi connectivity index (χ0n) is 20.6. The summed E-state index contributed by atoms with van der Waals surface area (Å²) in [6, 6.07) is 12.9. The van der Waals surface area contributed by atoms with Crippen LogP contribution in [0.2, 0.25) is 0 Å². The van der Waals surface area contributed by atoms with Gasteiger partial charge in [0.25, 0.3) is 0 Å². The molecule has 2 unspecified atom stereocenters. The zero-order valence-corrected chi connectivity index (χ0v) is 20.6. The van der Waals surface area contributed by atoms with Crippen LogP contribution >= 0.6 is 0 Å². The summed E-state index contributed by atoms with van der Waals surface area (Å²) >= 11 is 0. The number of rotatable bonds is 9. The van der Waals surface area contributed by atoms with E-state index < -0.39 is 11.4 Å². The molecule has 6 nitrogen and oxygen atoms in total. The molecule has 0 spiro atoms. The third kappa shape index (κ3) is 5.09. The molecule has 0 saturated heterocycles. The molecule has 36 heavy (non-hydrogen) atoms. The van der Waals surface area contributed by atoms with E-state index in [1.165, 1.54) is 12.1 Å². The van der Waals surface area contributed by atoms with E-state index in [0.29, 0.717) is 29.6 Å². The highest BCUT2D eigenvalue weighted by molar-refractivity contribution is 5.70. The third-order valence-corrected chi connectivity index (χ3v) is 6.55. The SMILES string of the molecule is C=C(C)C(CCOc1cc(-c2ccn3nc(N)nc3c2)cc(CC)c1F)C(C)(O)c1ccc(F)cc1. The fourth-order valence-corrected chi connectivity index (χ4v) is 4.55. The van der Waals surface area contributed by atoms with Gasteiger partial charge in [-0.1, -0.05) is 31.2 Å². The van der Waals surface area contributed by atoms with Crippen molar-refractivity contribution in [2.75, 3.05) is 12.3 Å². The van der Waals surface area contributed by atoms with Crippen LogP contribution in [0, 0.1) is 17.6 Å². The van der Waals surface area contributed by atoms with Crippen molar-refractivity contribution in [2.24, 2.45) is 5.92 Å². The standard InChI is InChI=1S/C28H30F2N4O2/c1-5-18-14-20(19-10-12-34-25(16-19)32-27(31)33-34)15-24(26(18)30)36-13-11-23(17(2)3)28(4,35)21-6-8-22(29)9-7-21/h6-10,12,14-16,23,35H,2,5,11,13H2,1,3-4H3,(H2,31,33). The minimum Gasteiger partial charge on any atom is -0.490 e. The van der Waals surface area contributed by atoms with Gasteiger partial charge >= 0.3 is 0 Å². The molecule has 0 radical (unpaired) electrons. The maximum Gasteiger partial charge on any atom is 0.240 e. The first-order valence-corrected chi connectivity index (χ1v) is 11.8. The van der Waals surface area contributed by atoms with Crippen LogP contribution in [0.15, 0.2) is 66.9 Å². The van der Waals surface area contributed by atoms with Crippen molar-refractivity contribution >= 4 is 11.6 Å². The lowest BCUT2D eigenvalue weighted by Gasteiger charge is -2.34. The average Bonchev–Trinajstić information content (AvgIpc) is 3.21. The molecule has 8 heteroatoms. The van der Waals surface area contributed by atoms with E-state index in [2.05, 4.69) is 16.7 Å². The lowest BCUT2D eigenvalue weighted by Crippen LogP contribution is -2.33. The van der Waals surface area contributed by atoms with Gasteiger partial charge in [-0.15, -0.1) is 5.10 Å². The Balaban J connectivity index is 1.57. The molecule has 0 fully saturated rings. The summed E-state index contributed by atoms with van der Waals surface area (Å²) < 4.78 is 36.1. The van der Waals surface area contributed by atoms with Crippen LogP contribution in [-0.2, 0) is 12.0 Å². The number of pyridine rings is 1. The van der Waals surface area contributed by atoms with E-state index in [-0.39, 0.29) is 30.0 Å². The van der Waals surface area contributed by atoms with Crippen LogP contribution in [0.3, 0.4) is 0 Å². The third-order valence-electron chi connectivity index (χ3n) is 6.55. The van der Waals surface area contributed by atoms with Gasteiger partial charge in [0.15, 0.2) is 17.2 Å². The fourth-order valence-electron chi connectivity index (χ4n) is 4.55. The van der Waals surface area contributed by atoms with E-state index in [1.807, 2.05) is 26.0 Å². The Kier molecular flexibility index (Phi) is 7.08. The predicted molar refractivity (Wildman–Crippen MR) is 137 cm³/mol. The monoisotopic (exact) mass is 492 g/mol. The summed E-state index contributed by atoms with van der Waals surface area (Å²) in [5.41, 5.74) is 8.43. The molecular formula is C28H30F2N4O2. The Labute approximate surface area is 209 Å². The van der Waals surface area contributed by atoms with Gasteiger partial charge in [0.2, 0.25) is 5.95 Å². The number of hydrogen-bond acceptors (Lipinski definition) is 5. The summed E-state index contributed by atoms with van der Waals surface area (Å²) in [6.45, 7) is 9.56. The molecule has 2 aromatic carbocycles. The fraction of sp³-hybridized carbons (Fsp3) is 0.286. The number of aromatic nitrogens is 3. The maximum atomic E-state index is 15.2. The maximum absolute atomic E-state index is 15.2. The quantitative estimate of drug-likeness (QED) is 0.293. The van der Waals surface area contributed by atoms with Crippen LogP contribution in [0.1, 0.15) is 38.3 Å². The molecule has 2 aromatic heterocycles. The van der Waals surface area contributed by atoms with Gasteiger partial charge in [-0.05, 0) is 85.3 Å². The number of nitrogens with two attached hydrogens (primary N) is 1. The molecular weight excluding hydrogens is 462 g/mol. The first-order chi connectivity index (χ1) is 17.1. The summed E-state index contributed by atoms with van der Waals surface area (Å²) in [5, 5.41) is 15.4. The summed E-state index contributed by atoms with van der Waals surface area (Å²) in [6.07, 6.45) is 2.62. The number of hydrogen-bond donors (Lipinski definition) is 2. The van der Waals surface area contributed by atoms with Crippen LogP contribution in [0.4, 0.5) is 14.7 Å². The number of benzene rings is 2. The number of aliphatic hydroxyl groups is 1.